The van der Waals surface area contributed by atoms with Crippen molar-refractivity contribution in [2.75, 3.05) is 26.3 Å². The van der Waals surface area contributed by atoms with Crippen LogP contribution in [-0.2, 0) is 4.74 Å². The Morgan fingerprint density at radius 3 is 2.31 bits per heavy atom. The van der Waals surface area contributed by atoms with Crippen molar-refractivity contribution in [3.05, 3.63) is 65.7 Å². The van der Waals surface area contributed by atoms with E-state index in [1.54, 1.807) is 0 Å². The molecule has 0 aliphatic carbocycles. The van der Waals surface area contributed by atoms with Crippen molar-refractivity contribution < 1.29 is 19.1 Å². The van der Waals surface area contributed by atoms with Crippen LogP contribution in [0.5, 0.6) is 5.75 Å². The van der Waals surface area contributed by atoms with Gasteiger partial charge in [0.25, 0.3) is 5.91 Å². The molecular formula is C24H27NO4. The first-order valence-electron chi connectivity index (χ1n) is 10.4. The van der Waals surface area contributed by atoms with Crippen LogP contribution in [0.2, 0.25) is 0 Å². The van der Waals surface area contributed by atoms with E-state index in [1.807, 2.05) is 59.5 Å². The van der Waals surface area contributed by atoms with Gasteiger partial charge in [-0.25, -0.2) is 0 Å². The van der Waals surface area contributed by atoms with Crippen LogP contribution in [0, 0.1) is 5.92 Å². The van der Waals surface area contributed by atoms with E-state index in [9.17, 15) is 9.59 Å². The van der Waals surface area contributed by atoms with Gasteiger partial charge in [0.05, 0.1) is 6.10 Å². The molecule has 1 amide bonds. The molecule has 0 radical (unpaired) electrons. The fourth-order valence-electron chi connectivity index (χ4n) is 4.02. The molecule has 4 rings (SSSR count). The molecular weight excluding hydrogens is 366 g/mol. The Morgan fingerprint density at radius 1 is 0.931 bits per heavy atom. The molecule has 29 heavy (non-hydrogen) atoms. The number of Topliss-reactive ketones (excluding diaryl/α,β-unsaturated/α-hetero) is 1. The van der Waals surface area contributed by atoms with Crippen molar-refractivity contribution in [1.29, 1.82) is 0 Å². The van der Waals surface area contributed by atoms with E-state index in [-0.39, 0.29) is 23.7 Å². The van der Waals surface area contributed by atoms with Gasteiger partial charge in [-0.1, -0.05) is 30.3 Å². The second kappa shape index (κ2) is 9.23. The molecule has 2 fully saturated rings. The highest BCUT2D eigenvalue weighted by atomic mass is 16.5. The number of carbonyl (C=O) groups is 2. The first kappa shape index (κ1) is 19.6. The average molecular weight is 393 g/mol. The van der Waals surface area contributed by atoms with E-state index in [0.717, 1.165) is 30.8 Å². The van der Waals surface area contributed by atoms with Crippen molar-refractivity contribution in [1.82, 2.24) is 4.90 Å². The summed E-state index contributed by atoms with van der Waals surface area (Å²) < 4.78 is 11.3. The maximum absolute atomic E-state index is 12.8. The molecule has 2 aromatic rings. The van der Waals surface area contributed by atoms with Gasteiger partial charge in [-0.3, -0.25) is 9.59 Å². The monoisotopic (exact) mass is 393 g/mol. The van der Waals surface area contributed by atoms with Gasteiger partial charge in [-0.2, -0.15) is 0 Å². The number of hydrogen-bond acceptors (Lipinski definition) is 4. The minimum absolute atomic E-state index is 0.00460. The van der Waals surface area contributed by atoms with Crippen LogP contribution in [0.15, 0.2) is 54.6 Å². The van der Waals surface area contributed by atoms with Gasteiger partial charge in [-0.15, -0.1) is 0 Å². The number of carbonyl (C=O) groups excluding carboxylic acids is 2. The van der Waals surface area contributed by atoms with E-state index in [4.69, 9.17) is 9.47 Å². The largest absolute Gasteiger partial charge is 0.491 e. The number of amides is 1. The lowest BCUT2D eigenvalue weighted by molar-refractivity contribution is 0.0648. The quantitative estimate of drug-likeness (QED) is 0.697. The maximum Gasteiger partial charge on any atom is 0.253 e. The molecule has 5 nitrogen and oxygen atoms in total. The minimum atomic E-state index is -0.00460. The fraction of sp³-hybridized carbons (Fsp3) is 0.417. The number of ketones is 1. The Bertz CT molecular complexity index is 820. The van der Waals surface area contributed by atoms with Crippen molar-refractivity contribution >= 4 is 11.7 Å². The van der Waals surface area contributed by atoms with Gasteiger partial charge >= 0.3 is 0 Å². The molecule has 2 heterocycles. The van der Waals surface area contributed by atoms with Crippen molar-refractivity contribution in [3.63, 3.8) is 0 Å². The van der Waals surface area contributed by atoms with Crippen LogP contribution in [0.1, 0.15) is 46.4 Å². The van der Waals surface area contributed by atoms with Crippen LogP contribution in [0.4, 0.5) is 0 Å². The Balaban J connectivity index is 1.28. The van der Waals surface area contributed by atoms with E-state index in [1.165, 1.54) is 0 Å². The summed E-state index contributed by atoms with van der Waals surface area (Å²) in [5, 5.41) is 0. The topological polar surface area (TPSA) is 55.8 Å². The molecule has 0 spiro atoms. The smallest absolute Gasteiger partial charge is 0.253 e. The van der Waals surface area contributed by atoms with Crippen molar-refractivity contribution in [2.45, 2.75) is 31.8 Å². The second-order valence-corrected chi connectivity index (χ2v) is 7.77. The predicted octanol–water partition coefficient (Wildman–Crippen LogP) is 3.98. The molecule has 0 aromatic heterocycles. The van der Waals surface area contributed by atoms with Gasteiger partial charge in [0, 0.05) is 36.7 Å². The number of likely N-dealkylation sites (tertiary alicyclic amines) is 1. The van der Waals surface area contributed by atoms with Gasteiger partial charge in [-0.05, 0) is 49.9 Å². The van der Waals surface area contributed by atoms with E-state index in [2.05, 4.69) is 0 Å². The molecule has 0 bridgehead atoms. The van der Waals surface area contributed by atoms with Crippen LogP contribution in [0.25, 0.3) is 0 Å². The molecule has 1 unspecified atom stereocenters. The number of benzene rings is 2. The molecule has 2 saturated heterocycles. The third-order valence-electron chi connectivity index (χ3n) is 5.77. The molecule has 2 aromatic carbocycles. The van der Waals surface area contributed by atoms with Gasteiger partial charge in [0.2, 0.25) is 0 Å². The minimum Gasteiger partial charge on any atom is -0.491 e. The third-order valence-corrected chi connectivity index (χ3v) is 5.77. The first-order chi connectivity index (χ1) is 14.2. The van der Waals surface area contributed by atoms with Crippen LogP contribution >= 0.6 is 0 Å². The third kappa shape index (κ3) is 4.85. The Labute approximate surface area is 171 Å². The summed E-state index contributed by atoms with van der Waals surface area (Å²) in [5.74, 6) is 0.950. The highest BCUT2D eigenvalue weighted by Gasteiger charge is 2.28. The summed E-state index contributed by atoms with van der Waals surface area (Å²) in [4.78, 5) is 27.3. The SMILES string of the molecule is O=C(c1ccccc1)C1CCN(C(=O)c2ccc(OCC3CCCO3)cc2)CC1. The molecule has 0 saturated carbocycles. The molecule has 152 valence electrons. The highest BCUT2D eigenvalue weighted by molar-refractivity contribution is 5.98. The summed E-state index contributed by atoms with van der Waals surface area (Å²) in [5.41, 5.74) is 1.41. The zero-order chi connectivity index (χ0) is 20.1. The van der Waals surface area contributed by atoms with Crippen LogP contribution in [-0.4, -0.2) is 49.0 Å². The lowest BCUT2D eigenvalue weighted by Gasteiger charge is -2.31. The number of nitrogens with zero attached hydrogens (tertiary/aromatic N) is 1. The van der Waals surface area contributed by atoms with Gasteiger partial charge < -0.3 is 14.4 Å². The average Bonchev–Trinajstić information content (AvgIpc) is 3.31. The van der Waals surface area contributed by atoms with Crippen LogP contribution in [0.3, 0.4) is 0 Å². The normalized spacial score (nSPS) is 19.9. The maximum atomic E-state index is 12.8. The van der Waals surface area contributed by atoms with E-state index >= 15 is 0 Å². The summed E-state index contributed by atoms with van der Waals surface area (Å²) in [6.45, 7) is 2.59. The Morgan fingerprint density at radius 2 is 1.66 bits per heavy atom. The molecule has 0 N–H and O–H groups in total. The molecule has 5 heteroatoms. The lowest BCUT2D eigenvalue weighted by atomic mass is 9.88. The number of piperidine rings is 1. The molecule has 2 aliphatic rings. The number of rotatable bonds is 6. The zero-order valence-corrected chi connectivity index (χ0v) is 16.6. The number of hydrogen-bond donors (Lipinski definition) is 0. The molecule has 2 aliphatic heterocycles. The van der Waals surface area contributed by atoms with E-state index in [0.29, 0.717) is 38.1 Å². The lowest BCUT2D eigenvalue weighted by Crippen LogP contribution is -2.40. The van der Waals surface area contributed by atoms with Gasteiger partial charge in [0.15, 0.2) is 5.78 Å². The summed E-state index contributed by atoms with van der Waals surface area (Å²) in [7, 11) is 0. The number of ether oxygens (including phenoxy) is 2. The summed E-state index contributed by atoms with van der Waals surface area (Å²) >= 11 is 0. The van der Waals surface area contributed by atoms with Gasteiger partial charge in [0.1, 0.15) is 12.4 Å². The highest BCUT2D eigenvalue weighted by Crippen LogP contribution is 2.24. The standard InChI is InChI=1S/C24H27NO4/c26-23(18-5-2-1-3-6-18)19-12-14-25(15-13-19)24(27)20-8-10-21(11-9-20)29-17-22-7-4-16-28-22/h1-3,5-6,8-11,19,22H,4,7,12-17H2. The molecule has 1 atom stereocenters. The van der Waals surface area contributed by atoms with Crippen LogP contribution < -0.4 is 4.74 Å². The fourth-order valence-corrected chi connectivity index (χ4v) is 4.02. The Kier molecular flexibility index (Phi) is 6.25. The summed E-state index contributed by atoms with van der Waals surface area (Å²) in [6, 6.07) is 16.7. The van der Waals surface area contributed by atoms with Crippen molar-refractivity contribution in [3.8, 4) is 5.75 Å². The predicted molar refractivity (Wildman–Crippen MR) is 110 cm³/mol. The zero-order valence-electron chi connectivity index (χ0n) is 16.6. The second-order valence-electron chi connectivity index (χ2n) is 7.77. The Hall–Kier alpha value is -2.66. The summed E-state index contributed by atoms with van der Waals surface area (Å²) in [6.07, 6.45) is 3.73. The van der Waals surface area contributed by atoms with Crippen molar-refractivity contribution in [2.24, 2.45) is 5.92 Å². The first-order valence-corrected chi connectivity index (χ1v) is 10.4. The van der Waals surface area contributed by atoms with E-state index < -0.39 is 0 Å².